The number of esters is 1. The van der Waals surface area contributed by atoms with Crippen molar-refractivity contribution in [2.45, 2.75) is 37.6 Å². The number of halogens is 1. The number of thioether (sulfide) groups is 1. The maximum absolute atomic E-state index is 12.5. The topological polar surface area (TPSA) is 86.1 Å². The minimum absolute atomic E-state index is 0.0419. The summed E-state index contributed by atoms with van der Waals surface area (Å²) in [5, 5.41) is 11.6. The highest BCUT2D eigenvalue weighted by atomic mass is 35.5. The number of nitrogens with zero attached hydrogens (tertiary/aromatic N) is 3. The molecular formula is C17H21ClN4O3S. The number of rotatable bonds is 7. The zero-order valence-corrected chi connectivity index (χ0v) is 16.6. The van der Waals surface area contributed by atoms with E-state index in [-0.39, 0.29) is 18.3 Å². The zero-order valence-electron chi connectivity index (χ0n) is 15.1. The number of aromatic nitrogens is 3. The lowest BCUT2D eigenvalue weighted by Gasteiger charge is -2.13. The molecule has 0 radical (unpaired) electrons. The molecule has 0 spiro atoms. The van der Waals surface area contributed by atoms with Gasteiger partial charge in [0.2, 0.25) is 5.91 Å². The summed E-state index contributed by atoms with van der Waals surface area (Å²) in [7, 11) is 1.75. The van der Waals surface area contributed by atoms with Crippen molar-refractivity contribution in [3.63, 3.8) is 0 Å². The Morgan fingerprint density at radius 2 is 2.12 bits per heavy atom. The summed E-state index contributed by atoms with van der Waals surface area (Å²) in [6.07, 6.45) is 0.0419. The van der Waals surface area contributed by atoms with E-state index < -0.39 is 5.25 Å². The summed E-state index contributed by atoms with van der Waals surface area (Å²) < 4.78 is 6.61. The van der Waals surface area contributed by atoms with Gasteiger partial charge in [-0.05, 0) is 38.5 Å². The van der Waals surface area contributed by atoms with Crippen LogP contribution in [0.2, 0.25) is 5.02 Å². The van der Waals surface area contributed by atoms with Gasteiger partial charge in [0.05, 0.1) is 11.9 Å². The maximum Gasteiger partial charge on any atom is 0.313 e. The SMILES string of the molecule is CCOC(=O)Cc1nnc(S[C@H](C)C(=O)Nc2cc(Cl)ccc2C)n1C. The molecule has 1 N–H and O–H groups in total. The van der Waals surface area contributed by atoms with Gasteiger partial charge in [0.15, 0.2) is 5.16 Å². The van der Waals surface area contributed by atoms with Gasteiger partial charge in [0.1, 0.15) is 12.2 Å². The first kappa shape index (κ1) is 20.3. The molecule has 0 aliphatic rings. The van der Waals surface area contributed by atoms with Crippen molar-refractivity contribution >= 4 is 40.9 Å². The van der Waals surface area contributed by atoms with Gasteiger partial charge < -0.3 is 14.6 Å². The van der Waals surface area contributed by atoms with E-state index in [9.17, 15) is 9.59 Å². The van der Waals surface area contributed by atoms with Crippen molar-refractivity contribution in [2.75, 3.05) is 11.9 Å². The fourth-order valence-electron chi connectivity index (χ4n) is 2.12. The van der Waals surface area contributed by atoms with Crippen LogP contribution in [0.25, 0.3) is 0 Å². The molecule has 7 nitrogen and oxygen atoms in total. The van der Waals surface area contributed by atoms with Crippen LogP contribution < -0.4 is 5.32 Å². The Balaban J connectivity index is 2.01. The molecule has 0 aliphatic carbocycles. The number of nitrogens with one attached hydrogen (secondary N) is 1. The van der Waals surface area contributed by atoms with Crippen molar-refractivity contribution in [1.82, 2.24) is 14.8 Å². The fraction of sp³-hybridized carbons (Fsp3) is 0.412. The van der Waals surface area contributed by atoms with Crippen LogP contribution >= 0.6 is 23.4 Å². The van der Waals surface area contributed by atoms with Crippen LogP contribution in [0, 0.1) is 6.92 Å². The molecule has 1 aromatic carbocycles. The summed E-state index contributed by atoms with van der Waals surface area (Å²) in [5.41, 5.74) is 1.60. The van der Waals surface area contributed by atoms with Gasteiger partial charge >= 0.3 is 5.97 Å². The number of carbonyl (C=O) groups is 2. The Morgan fingerprint density at radius 3 is 2.81 bits per heavy atom. The summed E-state index contributed by atoms with van der Waals surface area (Å²) in [5.74, 6) is -0.0404. The second-order valence-corrected chi connectivity index (χ2v) is 7.39. The average Bonchev–Trinajstić information content (AvgIpc) is 2.91. The second kappa shape index (κ2) is 9.05. The Morgan fingerprint density at radius 1 is 1.38 bits per heavy atom. The van der Waals surface area contributed by atoms with E-state index in [2.05, 4.69) is 15.5 Å². The molecule has 0 saturated carbocycles. The lowest BCUT2D eigenvalue weighted by atomic mass is 10.2. The number of amides is 1. The second-order valence-electron chi connectivity index (χ2n) is 5.65. The van der Waals surface area contributed by atoms with Crippen LogP contribution in [0.4, 0.5) is 5.69 Å². The van der Waals surface area contributed by atoms with Crippen LogP contribution in [-0.4, -0.2) is 38.5 Å². The van der Waals surface area contributed by atoms with Crippen molar-refractivity contribution < 1.29 is 14.3 Å². The molecule has 0 saturated heterocycles. The van der Waals surface area contributed by atoms with Gasteiger partial charge in [-0.15, -0.1) is 10.2 Å². The smallest absolute Gasteiger partial charge is 0.313 e. The largest absolute Gasteiger partial charge is 0.466 e. The number of ether oxygens (including phenoxy) is 1. The van der Waals surface area contributed by atoms with E-state index >= 15 is 0 Å². The quantitative estimate of drug-likeness (QED) is 0.572. The molecule has 1 amide bonds. The lowest BCUT2D eigenvalue weighted by Crippen LogP contribution is -2.23. The van der Waals surface area contributed by atoms with Gasteiger partial charge in [0, 0.05) is 17.8 Å². The summed E-state index contributed by atoms with van der Waals surface area (Å²) >= 11 is 7.24. The minimum atomic E-state index is -0.410. The first-order valence-electron chi connectivity index (χ1n) is 8.09. The third-order valence-electron chi connectivity index (χ3n) is 3.64. The highest BCUT2D eigenvalue weighted by molar-refractivity contribution is 8.00. The molecule has 9 heteroatoms. The predicted octanol–water partition coefficient (Wildman–Crippen LogP) is 3.00. The molecule has 0 aliphatic heterocycles. The highest BCUT2D eigenvalue weighted by Gasteiger charge is 2.20. The molecule has 1 atom stereocenters. The van der Waals surface area contributed by atoms with E-state index in [1.807, 2.05) is 13.0 Å². The van der Waals surface area contributed by atoms with Crippen molar-refractivity contribution in [2.24, 2.45) is 7.05 Å². The van der Waals surface area contributed by atoms with Gasteiger partial charge in [-0.2, -0.15) is 0 Å². The number of hydrogen-bond acceptors (Lipinski definition) is 6. The molecule has 1 heterocycles. The number of aryl methyl sites for hydroxylation is 1. The van der Waals surface area contributed by atoms with Gasteiger partial charge in [-0.3, -0.25) is 9.59 Å². The van der Waals surface area contributed by atoms with Crippen molar-refractivity contribution in [3.8, 4) is 0 Å². The van der Waals surface area contributed by atoms with Crippen LogP contribution in [0.5, 0.6) is 0 Å². The Kier molecular flexibility index (Phi) is 7.05. The molecule has 2 aromatic rings. The number of hydrogen-bond donors (Lipinski definition) is 1. The number of carbonyl (C=O) groups excluding carboxylic acids is 2. The standard InChI is InChI=1S/C17H21ClN4O3S/c1-5-25-15(23)9-14-20-21-17(22(14)4)26-11(3)16(24)19-13-8-12(18)7-6-10(13)2/h6-8,11H,5,9H2,1-4H3,(H,19,24)/t11-/m1/s1. The molecule has 1 aromatic heterocycles. The van der Waals surface area contributed by atoms with E-state index in [1.54, 1.807) is 37.6 Å². The molecule has 140 valence electrons. The third-order valence-corrected chi connectivity index (χ3v) is 5.01. The number of anilines is 1. The van der Waals surface area contributed by atoms with Crippen LogP contribution in [-0.2, 0) is 27.8 Å². The third kappa shape index (κ3) is 5.22. The van der Waals surface area contributed by atoms with Crippen LogP contribution in [0.15, 0.2) is 23.4 Å². The number of benzene rings is 1. The predicted molar refractivity (Wildman–Crippen MR) is 101 cm³/mol. The van der Waals surface area contributed by atoms with Gasteiger partial charge in [0.25, 0.3) is 0 Å². The van der Waals surface area contributed by atoms with Crippen LogP contribution in [0.1, 0.15) is 25.2 Å². The summed E-state index contributed by atoms with van der Waals surface area (Å²) in [4.78, 5) is 24.0. The average molecular weight is 397 g/mol. The van der Waals surface area contributed by atoms with E-state index in [0.29, 0.717) is 28.3 Å². The monoisotopic (exact) mass is 396 g/mol. The van der Waals surface area contributed by atoms with Gasteiger partial charge in [-0.1, -0.05) is 29.4 Å². The first-order chi connectivity index (χ1) is 12.3. The zero-order chi connectivity index (χ0) is 19.3. The molecule has 0 fully saturated rings. The lowest BCUT2D eigenvalue weighted by molar-refractivity contribution is -0.142. The fourth-order valence-corrected chi connectivity index (χ4v) is 3.12. The Hall–Kier alpha value is -2.06. The Labute approximate surface area is 161 Å². The van der Waals surface area contributed by atoms with E-state index in [4.69, 9.17) is 16.3 Å². The summed E-state index contributed by atoms with van der Waals surface area (Å²) in [6, 6.07) is 5.33. The minimum Gasteiger partial charge on any atom is -0.466 e. The van der Waals surface area contributed by atoms with Crippen molar-refractivity contribution in [3.05, 3.63) is 34.6 Å². The summed E-state index contributed by atoms with van der Waals surface area (Å²) in [6.45, 7) is 5.74. The van der Waals surface area contributed by atoms with E-state index in [1.165, 1.54) is 11.8 Å². The van der Waals surface area contributed by atoms with Crippen LogP contribution in [0.3, 0.4) is 0 Å². The molecule has 0 unspecified atom stereocenters. The van der Waals surface area contributed by atoms with E-state index in [0.717, 1.165) is 5.56 Å². The normalized spacial score (nSPS) is 11.9. The molecule has 26 heavy (non-hydrogen) atoms. The highest BCUT2D eigenvalue weighted by Crippen LogP contribution is 2.25. The van der Waals surface area contributed by atoms with Gasteiger partial charge in [-0.25, -0.2) is 0 Å². The Bertz CT molecular complexity index is 809. The first-order valence-corrected chi connectivity index (χ1v) is 9.35. The molecule has 0 bridgehead atoms. The van der Waals surface area contributed by atoms with Crippen molar-refractivity contribution in [1.29, 1.82) is 0 Å². The molecule has 2 rings (SSSR count). The molecular weight excluding hydrogens is 376 g/mol. The maximum atomic E-state index is 12.5.